The molecule has 1 rings (SSSR count). The Morgan fingerprint density at radius 2 is 1.79 bits per heavy atom. The number of carboxylic acid groups (broad SMARTS) is 1. The monoisotopic (exact) mass is 200 g/mol. The van der Waals surface area contributed by atoms with Gasteiger partial charge in [0.25, 0.3) is 6.09 Å². The summed E-state index contributed by atoms with van der Waals surface area (Å²) in [5, 5.41) is 11.2. The van der Waals surface area contributed by atoms with Gasteiger partial charge in [-0.15, -0.1) is 0 Å². The van der Waals surface area contributed by atoms with Gasteiger partial charge in [0.05, 0.1) is 18.6 Å². The van der Waals surface area contributed by atoms with Crippen molar-refractivity contribution < 1.29 is 14.4 Å². The van der Waals surface area contributed by atoms with E-state index < -0.39 is 6.09 Å². The summed E-state index contributed by atoms with van der Waals surface area (Å²) in [4.78, 5) is 11.2. The Labute approximate surface area is 85.3 Å². The average molecular weight is 200 g/mol. The number of carbonyl (C=O) groups is 1. The van der Waals surface area contributed by atoms with Gasteiger partial charge in [-0.3, -0.25) is 4.48 Å². The predicted octanol–water partition coefficient (Wildman–Crippen LogP) is 0.0661. The topological polar surface area (TPSA) is 66.1 Å². The Morgan fingerprint density at radius 1 is 1.36 bits per heavy atom. The van der Waals surface area contributed by atoms with Crippen LogP contribution in [-0.4, -0.2) is 35.2 Å². The molecule has 0 aromatic heterocycles. The highest BCUT2D eigenvalue weighted by Gasteiger charge is 2.44. The van der Waals surface area contributed by atoms with Crippen molar-refractivity contribution in [3.63, 3.8) is 0 Å². The molecule has 82 valence electrons. The summed E-state index contributed by atoms with van der Waals surface area (Å²) >= 11 is 0. The first-order valence-corrected chi connectivity index (χ1v) is 5.14. The molecule has 0 saturated carbocycles. The van der Waals surface area contributed by atoms with Gasteiger partial charge >= 0.3 is 0 Å². The van der Waals surface area contributed by atoms with Crippen molar-refractivity contribution >= 4 is 6.09 Å². The van der Waals surface area contributed by atoms with E-state index in [9.17, 15) is 9.90 Å². The van der Waals surface area contributed by atoms with Crippen LogP contribution in [0.25, 0.3) is 0 Å². The molecule has 0 bridgehead atoms. The smallest absolute Gasteiger partial charge is 0.257 e. The Kier molecular flexibility index (Phi) is 2.88. The Balaban J connectivity index is 2.90. The van der Waals surface area contributed by atoms with Crippen molar-refractivity contribution in [3.05, 3.63) is 0 Å². The molecular weight excluding hydrogens is 180 g/mol. The minimum Gasteiger partial charge on any atom is -0.498 e. The number of hydrogen-bond acceptors (Lipinski definition) is 3. The highest BCUT2D eigenvalue weighted by Crippen LogP contribution is 2.29. The summed E-state index contributed by atoms with van der Waals surface area (Å²) < 4.78 is 0.0424. The van der Waals surface area contributed by atoms with Gasteiger partial charge < -0.3 is 15.6 Å². The summed E-state index contributed by atoms with van der Waals surface area (Å²) in [5.41, 5.74) is 5.47. The molecule has 4 heteroatoms. The van der Waals surface area contributed by atoms with Crippen LogP contribution in [0.5, 0.6) is 0 Å². The lowest BCUT2D eigenvalue weighted by Gasteiger charge is -2.51. The van der Waals surface area contributed by atoms with Crippen LogP contribution in [-0.2, 0) is 0 Å². The molecule has 0 spiro atoms. The van der Waals surface area contributed by atoms with Crippen molar-refractivity contribution in [3.8, 4) is 0 Å². The number of rotatable bonds is 0. The van der Waals surface area contributed by atoms with Gasteiger partial charge in [-0.2, -0.15) is 0 Å². The van der Waals surface area contributed by atoms with Gasteiger partial charge in [-0.1, -0.05) is 0 Å². The number of likely N-dealkylation sites (tertiary alicyclic amines) is 1. The van der Waals surface area contributed by atoms with E-state index in [1.807, 2.05) is 20.8 Å². The van der Waals surface area contributed by atoms with E-state index in [0.29, 0.717) is 13.1 Å². The van der Waals surface area contributed by atoms with Gasteiger partial charge in [0.2, 0.25) is 0 Å². The lowest BCUT2D eigenvalue weighted by molar-refractivity contribution is -0.923. The number of nitrogens with two attached hydrogens (primary N) is 1. The Morgan fingerprint density at radius 3 is 2.07 bits per heavy atom. The lowest BCUT2D eigenvalue weighted by atomic mass is 9.94. The summed E-state index contributed by atoms with van der Waals surface area (Å²) in [6.45, 7) is 7.01. The largest absolute Gasteiger partial charge is 0.498 e. The van der Waals surface area contributed by atoms with Crippen molar-refractivity contribution in [1.82, 2.24) is 0 Å². The third-order valence-corrected chi connectivity index (χ3v) is 3.40. The number of amides is 1. The number of piperidine rings is 1. The summed E-state index contributed by atoms with van der Waals surface area (Å²) in [7, 11) is 0. The highest BCUT2D eigenvalue weighted by atomic mass is 16.4. The second-order valence-electron chi connectivity index (χ2n) is 5.19. The van der Waals surface area contributed by atoms with Crippen LogP contribution in [0.15, 0.2) is 0 Å². The molecule has 1 aliphatic heterocycles. The maximum atomic E-state index is 11.2. The van der Waals surface area contributed by atoms with Gasteiger partial charge in [0.15, 0.2) is 0 Å². The van der Waals surface area contributed by atoms with E-state index in [2.05, 4.69) is 0 Å². The fourth-order valence-electron chi connectivity index (χ4n) is 2.16. The second kappa shape index (κ2) is 3.51. The molecule has 0 aliphatic carbocycles. The molecule has 0 unspecified atom stereocenters. The Bertz CT molecular complexity index is 225. The zero-order valence-electron chi connectivity index (χ0n) is 9.25. The van der Waals surface area contributed by atoms with Gasteiger partial charge in [-0.05, 0) is 20.8 Å². The normalized spacial score (nSPS) is 34.1. The molecule has 2 N–H and O–H groups in total. The number of carbonyl (C=O) groups excluding carboxylic acids is 1. The first-order chi connectivity index (χ1) is 6.29. The van der Waals surface area contributed by atoms with Gasteiger partial charge in [-0.25, -0.2) is 0 Å². The molecule has 0 aromatic carbocycles. The minimum atomic E-state index is -0.968. The average Bonchev–Trinajstić information content (AvgIpc) is 2.02. The fraction of sp³-hybridized carbons (Fsp3) is 0.900. The van der Waals surface area contributed by atoms with Crippen LogP contribution in [0, 0.1) is 0 Å². The molecule has 4 nitrogen and oxygen atoms in total. The first kappa shape index (κ1) is 11.5. The molecule has 1 amide bonds. The standard InChI is InChI=1S/C10H20N2O2/c1-10(2,3)12(9(13)14)6-4-8(11)5-7-12/h8H,4-7,11H2,1-3H3. The van der Waals surface area contributed by atoms with E-state index in [-0.39, 0.29) is 16.1 Å². The summed E-state index contributed by atoms with van der Waals surface area (Å²) in [6, 6.07) is 0.156. The zero-order valence-corrected chi connectivity index (χ0v) is 9.25. The van der Waals surface area contributed by atoms with E-state index in [0.717, 1.165) is 12.8 Å². The molecule has 1 aliphatic rings. The molecule has 0 aromatic rings. The van der Waals surface area contributed by atoms with Crippen LogP contribution < -0.4 is 10.8 Å². The minimum absolute atomic E-state index is 0.0424. The molecule has 1 saturated heterocycles. The van der Waals surface area contributed by atoms with Gasteiger partial charge in [0, 0.05) is 18.9 Å². The third kappa shape index (κ3) is 1.77. The molecule has 14 heavy (non-hydrogen) atoms. The predicted molar refractivity (Wildman–Crippen MR) is 52.4 cm³/mol. The number of nitrogens with zero attached hydrogens (tertiary/aromatic N) is 1. The van der Waals surface area contributed by atoms with Crippen LogP contribution in [0.2, 0.25) is 0 Å². The van der Waals surface area contributed by atoms with E-state index in [1.165, 1.54) is 0 Å². The van der Waals surface area contributed by atoms with Crippen molar-refractivity contribution in [1.29, 1.82) is 0 Å². The van der Waals surface area contributed by atoms with Crippen LogP contribution in [0.4, 0.5) is 4.79 Å². The molecule has 0 atom stereocenters. The zero-order chi connectivity index (χ0) is 11.0. The highest BCUT2D eigenvalue weighted by molar-refractivity contribution is 5.54. The van der Waals surface area contributed by atoms with E-state index in [1.54, 1.807) is 0 Å². The molecule has 1 heterocycles. The van der Waals surface area contributed by atoms with E-state index >= 15 is 0 Å². The van der Waals surface area contributed by atoms with Crippen molar-refractivity contribution in [2.45, 2.75) is 45.2 Å². The van der Waals surface area contributed by atoms with Crippen molar-refractivity contribution in [2.24, 2.45) is 5.73 Å². The first-order valence-electron chi connectivity index (χ1n) is 5.14. The molecule has 1 fully saturated rings. The quantitative estimate of drug-likeness (QED) is 0.562. The van der Waals surface area contributed by atoms with E-state index in [4.69, 9.17) is 5.73 Å². The Hall–Kier alpha value is -0.610. The van der Waals surface area contributed by atoms with Crippen LogP contribution in [0.1, 0.15) is 33.6 Å². The molecule has 0 radical (unpaired) electrons. The summed E-state index contributed by atoms with van der Waals surface area (Å²) in [6.07, 6.45) is 0.570. The molecular formula is C10H20N2O2. The summed E-state index contributed by atoms with van der Waals surface area (Å²) in [5.74, 6) is 0. The van der Waals surface area contributed by atoms with Crippen LogP contribution >= 0.6 is 0 Å². The van der Waals surface area contributed by atoms with Crippen molar-refractivity contribution in [2.75, 3.05) is 13.1 Å². The number of hydrogen-bond donors (Lipinski definition) is 1. The van der Waals surface area contributed by atoms with Gasteiger partial charge in [0.1, 0.15) is 0 Å². The third-order valence-electron chi connectivity index (χ3n) is 3.40. The van der Waals surface area contributed by atoms with Crippen LogP contribution in [0.3, 0.4) is 0 Å². The SMILES string of the molecule is CC(C)(C)[N+]1(C(=O)[O-])CCC(N)CC1. The second-order valence-corrected chi connectivity index (χ2v) is 5.19. The lowest BCUT2D eigenvalue weighted by Crippen LogP contribution is -2.70. The number of quaternary nitrogens is 1. The fourth-order valence-corrected chi connectivity index (χ4v) is 2.16. The maximum absolute atomic E-state index is 11.2. The maximum Gasteiger partial charge on any atom is 0.257 e.